The Morgan fingerprint density at radius 3 is 2.13 bits per heavy atom. The van der Waals surface area contributed by atoms with Crippen LogP contribution in [0.15, 0.2) is 0 Å². The molecule has 15 heavy (non-hydrogen) atoms. The van der Waals surface area contributed by atoms with E-state index in [0.29, 0.717) is 0 Å². The molecule has 0 saturated heterocycles. The summed E-state index contributed by atoms with van der Waals surface area (Å²) in [5.41, 5.74) is 3.74. The molecule has 0 aromatic carbocycles. The zero-order chi connectivity index (χ0) is 12.1. The summed E-state index contributed by atoms with van der Waals surface area (Å²) in [5, 5.41) is 1.53. The number of hydrogen-bond donors (Lipinski definition) is 3. The van der Waals surface area contributed by atoms with Crippen molar-refractivity contribution in [3.63, 3.8) is 0 Å². The number of carbonyl (C=O) groups excluding carboxylic acids is 2. The van der Waals surface area contributed by atoms with E-state index in [1.54, 1.807) is 19.3 Å². The van der Waals surface area contributed by atoms with Crippen LogP contribution in [-0.2, 0) is 4.79 Å². The SMILES string of the molecule is CC(C)C(=O)NNC(=O)NCC(F)(F)F. The van der Waals surface area contributed by atoms with Gasteiger partial charge in [-0.25, -0.2) is 10.2 Å². The van der Waals surface area contributed by atoms with Crippen LogP contribution in [0.2, 0.25) is 0 Å². The van der Waals surface area contributed by atoms with E-state index in [1.165, 1.54) is 5.32 Å². The molecule has 3 N–H and O–H groups in total. The first kappa shape index (κ1) is 13.5. The summed E-state index contributed by atoms with van der Waals surface area (Å²) in [6.45, 7) is 1.70. The average molecular weight is 227 g/mol. The fourth-order valence-corrected chi connectivity index (χ4v) is 0.487. The van der Waals surface area contributed by atoms with Crippen molar-refractivity contribution < 1.29 is 22.8 Å². The lowest BCUT2D eigenvalue weighted by atomic mass is 10.2. The van der Waals surface area contributed by atoms with Crippen LogP contribution in [-0.4, -0.2) is 24.7 Å². The maximum Gasteiger partial charge on any atom is 0.405 e. The zero-order valence-corrected chi connectivity index (χ0v) is 8.23. The van der Waals surface area contributed by atoms with Crippen molar-refractivity contribution in [2.24, 2.45) is 5.92 Å². The number of nitrogens with one attached hydrogen (secondary N) is 3. The standard InChI is InChI=1S/C7H12F3N3O2/c1-4(2)5(14)12-13-6(15)11-3-7(8,9)10/h4H,3H2,1-2H3,(H,12,14)(H2,11,13,15). The average Bonchev–Trinajstić information content (AvgIpc) is 2.09. The van der Waals surface area contributed by atoms with Crippen molar-refractivity contribution in [2.75, 3.05) is 6.54 Å². The van der Waals surface area contributed by atoms with E-state index in [-0.39, 0.29) is 5.92 Å². The Hall–Kier alpha value is -1.47. The topological polar surface area (TPSA) is 70.2 Å². The van der Waals surface area contributed by atoms with Gasteiger partial charge in [-0.2, -0.15) is 13.2 Å². The van der Waals surface area contributed by atoms with Crippen molar-refractivity contribution in [2.45, 2.75) is 20.0 Å². The predicted molar refractivity (Wildman–Crippen MR) is 45.6 cm³/mol. The second kappa shape index (κ2) is 5.42. The van der Waals surface area contributed by atoms with Crippen molar-refractivity contribution in [3.8, 4) is 0 Å². The molecular formula is C7H12F3N3O2. The molecule has 0 atom stereocenters. The van der Waals surface area contributed by atoms with Crippen molar-refractivity contribution in [3.05, 3.63) is 0 Å². The molecular weight excluding hydrogens is 215 g/mol. The number of hydrogen-bond acceptors (Lipinski definition) is 2. The normalized spacial score (nSPS) is 11.1. The minimum Gasteiger partial charge on any atom is -0.328 e. The van der Waals surface area contributed by atoms with E-state index < -0.39 is 24.7 Å². The van der Waals surface area contributed by atoms with E-state index in [1.807, 2.05) is 5.43 Å². The van der Waals surface area contributed by atoms with Gasteiger partial charge in [0.05, 0.1) is 0 Å². The predicted octanol–water partition coefficient (Wildman–Crippen LogP) is 0.535. The molecule has 0 aliphatic carbocycles. The third-order valence-electron chi connectivity index (χ3n) is 1.27. The first-order valence-electron chi connectivity index (χ1n) is 4.13. The van der Waals surface area contributed by atoms with Crippen LogP contribution in [0, 0.1) is 5.92 Å². The number of urea groups is 1. The first-order valence-corrected chi connectivity index (χ1v) is 4.13. The summed E-state index contributed by atoms with van der Waals surface area (Å²) in [6.07, 6.45) is -4.47. The first-order chi connectivity index (χ1) is 6.72. The molecule has 88 valence electrons. The lowest BCUT2D eigenvalue weighted by Gasteiger charge is -2.11. The molecule has 0 bridgehead atoms. The smallest absolute Gasteiger partial charge is 0.328 e. The van der Waals surface area contributed by atoms with Gasteiger partial charge in [-0.05, 0) is 0 Å². The number of halogens is 3. The summed E-state index contributed by atoms with van der Waals surface area (Å²) in [5.74, 6) is -0.856. The van der Waals surface area contributed by atoms with E-state index in [4.69, 9.17) is 0 Å². The van der Waals surface area contributed by atoms with Gasteiger partial charge in [0.25, 0.3) is 0 Å². The maximum atomic E-state index is 11.6. The van der Waals surface area contributed by atoms with E-state index >= 15 is 0 Å². The molecule has 0 fully saturated rings. The van der Waals surface area contributed by atoms with Gasteiger partial charge in [0.15, 0.2) is 0 Å². The minimum atomic E-state index is -4.47. The fraction of sp³-hybridized carbons (Fsp3) is 0.714. The maximum absolute atomic E-state index is 11.6. The van der Waals surface area contributed by atoms with Crippen molar-refractivity contribution in [1.82, 2.24) is 16.2 Å². The summed E-state index contributed by atoms with van der Waals surface area (Å²) in [7, 11) is 0. The highest BCUT2D eigenvalue weighted by Crippen LogP contribution is 2.11. The summed E-state index contributed by atoms with van der Waals surface area (Å²) < 4.78 is 34.8. The Bertz CT molecular complexity index is 240. The van der Waals surface area contributed by atoms with E-state index in [2.05, 4.69) is 0 Å². The molecule has 0 heterocycles. The quantitative estimate of drug-likeness (QED) is 0.602. The van der Waals surface area contributed by atoms with Gasteiger partial charge in [0.1, 0.15) is 6.54 Å². The zero-order valence-electron chi connectivity index (χ0n) is 8.23. The van der Waals surface area contributed by atoms with Gasteiger partial charge in [-0.15, -0.1) is 0 Å². The van der Waals surface area contributed by atoms with Gasteiger partial charge in [0, 0.05) is 5.92 Å². The third kappa shape index (κ3) is 7.59. The van der Waals surface area contributed by atoms with Gasteiger partial charge in [-0.1, -0.05) is 13.8 Å². The molecule has 0 saturated carbocycles. The largest absolute Gasteiger partial charge is 0.405 e. The van der Waals surface area contributed by atoms with Gasteiger partial charge < -0.3 is 5.32 Å². The minimum absolute atomic E-state index is 0.368. The van der Waals surface area contributed by atoms with Crippen molar-refractivity contribution in [1.29, 1.82) is 0 Å². The molecule has 0 aliphatic rings. The number of alkyl halides is 3. The van der Waals surface area contributed by atoms with Crippen LogP contribution in [0.1, 0.15) is 13.8 Å². The molecule has 8 heteroatoms. The molecule has 0 radical (unpaired) electrons. The van der Waals surface area contributed by atoms with Crippen LogP contribution >= 0.6 is 0 Å². The van der Waals surface area contributed by atoms with Gasteiger partial charge in [0.2, 0.25) is 5.91 Å². The molecule has 5 nitrogen and oxygen atoms in total. The number of amides is 3. The van der Waals surface area contributed by atoms with Gasteiger partial charge >= 0.3 is 12.2 Å². The molecule has 3 amide bonds. The second-order valence-electron chi connectivity index (χ2n) is 3.07. The molecule has 0 aromatic rings. The number of hydrazine groups is 1. The lowest BCUT2D eigenvalue weighted by Crippen LogP contribution is -2.49. The summed E-state index contributed by atoms with van der Waals surface area (Å²) in [6, 6.07) is -1.11. The number of rotatable bonds is 2. The van der Waals surface area contributed by atoms with Crippen LogP contribution in [0.3, 0.4) is 0 Å². The molecule has 0 spiro atoms. The Morgan fingerprint density at radius 2 is 1.73 bits per heavy atom. The third-order valence-corrected chi connectivity index (χ3v) is 1.27. The van der Waals surface area contributed by atoms with Crippen LogP contribution in [0.4, 0.5) is 18.0 Å². The van der Waals surface area contributed by atoms with E-state index in [0.717, 1.165) is 0 Å². The van der Waals surface area contributed by atoms with Crippen LogP contribution in [0.5, 0.6) is 0 Å². The highest BCUT2D eigenvalue weighted by atomic mass is 19.4. The fourth-order valence-electron chi connectivity index (χ4n) is 0.487. The van der Waals surface area contributed by atoms with Crippen LogP contribution in [0.25, 0.3) is 0 Å². The second-order valence-corrected chi connectivity index (χ2v) is 3.07. The monoisotopic (exact) mass is 227 g/mol. The van der Waals surface area contributed by atoms with Crippen molar-refractivity contribution >= 4 is 11.9 Å². The number of carbonyl (C=O) groups is 2. The molecule has 0 rings (SSSR count). The van der Waals surface area contributed by atoms with Gasteiger partial charge in [-0.3, -0.25) is 10.2 Å². The van der Waals surface area contributed by atoms with Crippen LogP contribution < -0.4 is 16.2 Å². The highest BCUT2D eigenvalue weighted by molar-refractivity contribution is 5.82. The Kier molecular flexibility index (Phi) is 4.89. The Balaban J connectivity index is 3.72. The Morgan fingerprint density at radius 1 is 1.20 bits per heavy atom. The molecule has 0 unspecified atom stereocenters. The summed E-state index contributed by atoms with van der Waals surface area (Å²) in [4.78, 5) is 21.6. The molecule has 0 aromatic heterocycles. The van der Waals surface area contributed by atoms with E-state index in [9.17, 15) is 22.8 Å². The molecule has 0 aliphatic heterocycles. The lowest BCUT2D eigenvalue weighted by molar-refractivity contribution is -0.124. The summed E-state index contributed by atoms with van der Waals surface area (Å²) >= 11 is 0. The highest BCUT2D eigenvalue weighted by Gasteiger charge is 2.27. The Labute approximate surface area is 84.4 Å².